The Morgan fingerprint density at radius 3 is 2.21 bits per heavy atom. The molecular formula is C16H24N2O. The van der Waals surface area contributed by atoms with Crippen molar-refractivity contribution in [3.8, 4) is 0 Å². The summed E-state index contributed by atoms with van der Waals surface area (Å²) < 4.78 is 0. The smallest absolute Gasteiger partial charge is 0.0823 e. The molecule has 3 nitrogen and oxygen atoms in total. The van der Waals surface area contributed by atoms with E-state index in [0.717, 1.165) is 31.9 Å². The largest absolute Gasteiger partial charge is 0.390 e. The highest BCUT2D eigenvalue weighted by Gasteiger charge is 2.17. The minimum absolute atomic E-state index is 0.0586. The summed E-state index contributed by atoms with van der Waals surface area (Å²) in [5.41, 5.74) is 3.50. The fourth-order valence-electron chi connectivity index (χ4n) is 2.45. The molecule has 1 aliphatic rings. The van der Waals surface area contributed by atoms with Crippen LogP contribution in [0.1, 0.15) is 25.3 Å². The highest BCUT2D eigenvalue weighted by atomic mass is 16.3. The van der Waals surface area contributed by atoms with Gasteiger partial charge in [0.05, 0.1) is 6.61 Å². The number of piperazine rings is 1. The minimum atomic E-state index is 0.0586. The minimum Gasteiger partial charge on any atom is -0.390 e. The summed E-state index contributed by atoms with van der Waals surface area (Å²) in [6, 6.07) is 8.87. The molecule has 104 valence electrons. The van der Waals surface area contributed by atoms with Gasteiger partial charge in [0.2, 0.25) is 0 Å². The number of rotatable bonds is 4. The van der Waals surface area contributed by atoms with Crippen LogP contribution in [0.4, 0.5) is 5.69 Å². The van der Waals surface area contributed by atoms with Gasteiger partial charge in [-0.3, -0.25) is 0 Å². The number of hydrogen-bond donors (Lipinski definition) is 1. The van der Waals surface area contributed by atoms with Gasteiger partial charge >= 0.3 is 0 Å². The van der Waals surface area contributed by atoms with Crippen molar-refractivity contribution in [2.45, 2.75) is 19.8 Å². The first kappa shape index (κ1) is 13.9. The first-order valence-corrected chi connectivity index (χ1v) is 7.00. The van der Waals surface area contributed by atoms with Crippen LogP contribution in [-0.4, -0.2) is 42.8 Å². The monoisotopic (exact) mass is 260 g/mol. The number of benzene rings is 1. The molecule has 0 aliphatic carbocycles. The lowest BCUT2D eigenvalue weighted by Gasteiger charge is -2.37. The first-order chi connectivity index (χ1) is 9.11. The van der Waals surface area contributed by atoms with Crippen LogP contribution in [0.3, 0.4) is 0 Å². The lowest BCUT2D eigenvalue weighted by atomic mass is 10.0. The molecule has 1 saturated heterocycles. The zero-order valence-corrected chi connectivity index (χ0v) is 12.0. The average Bonchev–Trinajstić information content (AvgIpc) is 2.46. The molecule has 0 amide bonds. The van der Waals surface area contributed by atoms with Gasteiger partial charge in [-0.25, -0.2) is 0 Å². The SMILES string of the molecule is C=C(CO)N1CCN(c2ccc(C(C)C)cc2)CC1. The van der Waals surface area contributed by atoms with Crippen molar-refractivity contribution in [2.75, 3.05) is 37.7 Å². The van der Waals surface area contributed by atoms with Crippen LogP contribution < -0.4 is 4.90 Å². The molecule has 1 aromatic rings. The molecule has 1 heterocycles. The predicted molar refractivity (Wildman–Crippen MR) is 80.5 cm³/mol. The van der Waals surface area contributed by atoms with Gasteiger partial charge < -0.3 is 14.9 Å². The maximum Gasteiger partial charge on any atom is 0.0823 e. The number of hydrogen-bond acceptors (Lipinski definition) is 3. The maximum absolute atomic E-state index is 9.10. The molecule has 19 heavy (non-hydrogen) atoms. The Morgan fingerprint density at radius 2 is 1.74 bits per heavy atom. The lowest BCUT2D eigenvalue weighted by molar-refractivity contribution is 0.244. The van der Waals surface area contributed by atoms with E-state index in [1.165, 1.54) is 11.3 Å². The van der Waals surface area contributed by atoms with Crippen molar-refractivity contribution in [1.29, 1.82) is 0 Å². The van der Waals surface area contributed by atoms with Crippen molar-refractivity contribution in [3.63, 3.8) is 0 Å². The molecule has 1 aliphatic heterocycles. The normalized spacial score (nSPS) is 16.0. The van der Waals surface area contributed by atoms with E-state index < -0.39 is 0 Å². The van der Waals surface area contributed by atoms with E-state index in [1.807, 2.05) is 0 Å². The van der Waals surface area contributed by atoms with Gasteiger partial charge in [-0.05, 0) is 23.6 Å². The first-order valence-electron chi connectivity index (χ1n) is 7.00. The van der Waals surface area contributed by atoms with E-state index in [-0.39, 0.29) is 6.61 Å². The summed E-state index contributed by atoms with van der Waals surface area (Å²) in [5, 5.41) is 9.10. The molecule has 0 aromatic heterocycles. The highest BCUT2D eigenvalue weighted by molar-refractivity contribution is 5.48. The second kappa shape index (κ2) is 6.11. The molecule has 1 aromatic carbocycles. The van der Waals surface area contributed by atoms with Gasteiger partial charge in [0, 0.05) is 37.6 Å². The summed E-state index contributed by atoms with van der Waals surface area (Å²) in [6.45, 7) is 12.2. The zero-order chi connectivity index (χ0) is 13.8. The summed E-state index contributed by atoms with van der Waals surface area (Å²) in [6.07, 6.45) is 0. The predicted octanol–water partition coefficient (Wildman–Crippen LogP) is 2.44. The Labute approximate surface area is 116 Å². The van der Waals surface area contributed by atoms with Crippen LogP contribution in [0.5, 0.6) is 0 Å². The number of nitrogens with zero attached hydrogens (tertiary/aromatic N) is 2. The molecule has 1 N–H and O–H groups in total. The van der Waals surface area contributed by atoms with Gasteiger partial charge in [0.25, 0.3) is 0 Å². The van der Waals surface area contributed by atoms with Crippen LogP contribution in [-0.2, 0) is 0 Å². The van der Waals surface area contributed by atoms with Gasteiger partial charge in [-0.15, -0.1) is 0 Å². The Hall–Kier alpha value is -1.48. The summed E-state index contributed by atoms with van der Waals surface area (Å²) in [4.78, 5) is 4.56. The van der Waals surface area contributed by atoms with Crippen LogP contribution in [0.15, 0.2) is 36.5 Å². The van der Waals surface area contributed by atoms with Crippen LogP contribution in [0.2, 0.25) is 0 Å². The molecule has 0 radical (unpaired) electrons. The summed E-state index contributed by atoms with van der Waals surface area (Å²) in [7, 11) is 0. The molecule has 2 rings (SSSR count). The van der Waals surface area contributed by atoms with E-state index in [4.69, 9.17) is 5.11 Å². The van der Waals surface area contributed by atoms with Gasteiger partial charge in [-0.1, -0.05) is 32.6 Å². The Bertz CT molecular complexity index is 417. The summed E-state index contributed by atoms with van der Waals surface area (Å²) >= 11 is 0. The number of aliphatic hydroxyl groups excluding tert-OH is 1. The zero-order valence-electron chi connectivity index (χ0n) is 12.0. The molecule has 0 atom stereocenters. The second-order valence-electron chi connectivity index (χ2n) is 5.44. The molecule has 0 unspecified atom stereocenters. The van der Waals surface area contributed by atoms with Crippen molar-refractivity contribution in [1.82, 2.24) is 4.90 Å². The van der Waals surface area contributed by atoms with E-state index >= 15 is 0 Å². The van der Waals surface area contributed by atoms with Gasteiger partial charge in [-0.2, -0.15) is 0 Å². The maximum atomic E-state index is 9.10. The van der Waals surface area contributed by atoms with E-state index in [1.54, 1.807) is 0 Å². The Kier molecular flexibility index (Phi) is 4.48. The van der Waals surface area contributed by atoms with Crippen molar-refractivity contribution in [2.24, 2.45) is 0 Å². The molecule has 0 spiro atoms. The molecule has 0 bridgehead atoms. The molecule has 0 saturated carbocycles. The average molecular weight is 260 g/mol. The second-order valence-corrected chi connectivity index (χ2v) is 5.44. The molecular weight excluding hydrogens is 236 g/mol. The van der Waals surface area contributed by atoms with Crippen LogP contribution in [0.25, 0.3) is 0 Å². The number of anilines is 1. The van der Waals surface area contributed by atoms with Crippen LogP contribution >= 0.6 is 0 Å². The Balaban J connectivity index is 1.96. The van der Waals surface area contributed by atoms with Gasteiger partial charge in [0.1, 0.15) is 0 Å². The van der Waals surface area contributed by atoms with Gasteiger partial charge in [0.15, 0.2) is 0 Å². The summed E-state index contributed by atoms with van der Waals surface area (Å²) in [5.74, 6) is 0.582. The van der Waals surface area contributed by atoms with E-state index in [2.05, 4.69) is 54.5 Å². The van der Waals surface area contributed by atoms with Crippen molar-refractivity contribution in [3.05, 3.63) is 42.1 Å². The van der Waals surface area contributed by atoms with Crippen molar-refractivity contribution >= 4 is 5.69 Å². The highest BCUT2D eigenvalue weighted by Crippen LogP contribution is 2.21. The van der Waals surface area contributed by atoms with Crippen molar-refractivity contribution < 1.29 is 5.11 Å². The lowest BCUT2D eigenvalue weighted by Crippen LogP contribution is -2.46. The number of aliphatic hydroxyl groups is 1. The Morgan fingerprint density at radius 1 is 1.16 bits per heavy atom. The third-order valence-electron chi connectivity index (χ3n) is 3.83. The fraction of sp³-hybridized carbons (Fsp3) is 0.500. The molecule has 1 fully saturated rings. The van der Waals surface area contributed by atoms with E-state index in [9.17, 15) is 0 Å². The third kappa shape index (κ3) is 3.29. The van der Waals surface area contributed by atoms with E-state index in [0.29, 0.717) is 5.92 Å². The molecule has 3 heteroatoms. The standard InChI is InChI=1S/C16H24N2O/c1-13(2)15-4-6-16(7-5-15)18-10-8-17(9-11-18)14(3)12-19/h4-7,13,19H,3,8-12H2,1-2H3. The topological polar surface area (TPSA) is 26.7 Å². The quantitative estimate of drug-likeness (QED) is 0.901. The fourth-order valence-corrected chi connectivity index (χ4v) is 2.45. The third-order valence-corrected chi connectivity index (χ3v) is 3.83. The van der Waals surface area contributed by atoms with Crippen LogP contribution in [0, 0.1) is 0 Å².